The molecule has 1 fully saturated rings. The Labute approximate surface area is 213 Å². The van der Waals surface area contributed by atoms with Gasteiger partial charge in [-0.05, 0) is 54.0 Å². The van der Waals surface area contributed by atoms with Crippen LogP contribution in [-0.2, 0) is 23.1 Å². The second-order valence-electron chi connectivity index (χ2n) is 9.56. The number of hydrogen-bond donors (Lipinski definition) is 2. The minimum absolute atomic E-state index is 0.0434. The number of anilines is 1. The Kier molecular flexibility index (Phi) is 6.49. The zero-order chi connectivity index (χ0) is 25.3. The summed E-state index contributed by atoms with van der Waals surface area (Å²) in [4.78, 5) is 28.8. The summed E-state index contributed by atoms with van der Waals surface area (Å²) >= 11 is 6.95. The molecule has 2 heterocycles. The van der Waals surface area contributed by atoms with Crippen molar-refractivity contribution in [2.45, 2.75) is 38.5 Å². The smallest absolute Gasteiger partial charge is 0.328 e. The van der Waals surface area contributed by atoms with Gasteiger partial charge in [0.1, 0.15) is 0 Å². The lowest BCUT2D eigenvalue weighted by molar-refractivity contribution is -0.131. The van der Waals surface area contributed by atoms with E-state index in [-0.39, 0.29) is 5.91 Å². The Morgan fingerprint density at radius 1 is 1.14 bits per heavy atom. The number of amides is 1. The Morgan fingerprint density at radius 3 is 2.72 bits per heavy atom. The van der Waals surface area contributed by atoms with Crippen molar-refractivity contribution in [2.75, 3.05) is 5.32 Å². The zero-order valence-corrected chi connectivity index (χ0v) is 20.8. The number of carbonyl (C=O) groups excluding carboxylic acids is 1. The second-order valence-corrected chi connectivity index (χ2v) is 9.94. The number of aryl methyl sites for hydroxylation is 1. The number of fused-ring (bicyclic) bond motifs is 2. The van der Waals surface area contributed by atoms with Crippen LogP contribution in [-0.4, -0.2) is 31.7 Å². The van der Waals surface area contributed by atoms with Crippen LogP contribution >= 0.6 is 11.6 Å². The van der Waals surface area contributed by atoms with E-state index in [2.05, 4.69) is 27.5 Å². The number of halogens is 1. The third-order valence-corrected chi connectivity index (χ3v) is 7.51. The van der Waals surface area contributed by atoms with Gasteiger partial charge in [0, 0.05) is 30.1 Å². The van der Waals surface area contributed by atoms with Gasteiger partial charge in [0.15, 0.2) is 0 Å². The third-order valence-electron chi connectivity index (χ3n) is 7.15. The molecule has 7 nitrogen and oxygen atoms in total. The Bertz CT molecular complexity index is 1500. The summed E-state index contributed by atoms with van der Waals surface area (Å²) in [6, 6.07) is 9.97. The number of benzene rings is 2. The third kappa shape index (κ3) is 4.58. The molecule has 0 radical (unpaired) electrons. The molecular formula is C28H27ClN4O3. The maximum absolute atomic E-state index is 13.8. The first-order valence-electron chi connectivity index (χ1n) is 12.1. The van der Waals surface area contributed by atoms with Crippen molar-refractivity contribution in [3.63, 3.8) is 0 Å². The van der Waals surface area contributed by atoms with Crippen molar-refractivity contribution >= 4 is 56.9 Å². The van der Waals surface area contributed by atoms with Gasteiger partial charge in [-0.3, -0.25) is 14.5 Å². The van der Waals surface area contributed by atoms with Crippen molar-refractivity contribution in [1.82, 2.24) is 14.8 Å². The van der Waals surface area contributed by atoms with Crippen molar-refractivity contribution in [3.8, 4) is 0 Å². The van der Waals surface area contributed by atoms with Crippen molar-refractivity contribution in [3.05, 3.63) is 71.1 Å². The molecule has 0 unspecified atom stereocenters. The number of aliphatic carboxylic acids is 1. The lowest BCUT2D eigenvalue weighted by Gasteiger charge is -2.36. The van der Waals surface area contributed by atoms with Gasteiger partial charge in [-0.1, -0.05) is 49.1 Å². The molecule has 8 heteroatoms. The number of hydrogen-bond acceptors (Lipinski definition) is 4. The van der Waals surface area contributed by atoms with Crippen LogP contribution in [0.2, 0.25) is 5.02 Å². The van der Waals surface area contributed by atoms with Crippen LogP contribution in [0.1, 0.15) is 43.2 Å². The fraction of sp³-hybridized carbons (Fsp3) is 0.286. The van der Waals surface area contributed by atoms with E-state index in [0.29, 0.717) is 22.7 Å². The molecule has 2 N–H and O–H groups in total. The standard InChI is InChI=1S/C28H27ClN4O3/c1-33-26-21(16-31-33)13-19-6-5-7-20(24(19)25(26)29)14-28(10-3-2-4-11-28)27(36)32-22-12-18(15-30-17-22)8-9-23(34)35/h5-9,12-13,15-17H,2-4,10-11,14H2,1H3,(H,32,36)(H,34,35)/b9-8+. The molecule has 2 aromatic carbocycles. The summed E-state index contributed by atoms with van der Waals surface area (Å²) in [6.07, 6.45) is 12.7. The number of rotatable bonds is 6. The van der Waals surface area contributed by atoms with Crippen LogP contribution in [0.5, 0.6) is 0 Å². The molecule has 36 heavy (non-hydrogen) atoms. The maximum atomic E-state index is 13.8. The van der Waals surface area contributed by atoms with Crippen molar-refractivity contribution in [1.29, 1.82) is 0 Å². The zero-order valence-electron chi connectivity index (χ0n) is 20.0. The molecule has 5 rings (SSSR count). The van der Waals surface area contributed by atoms with Gasteiger partial charge in [-0.25, -0.2) is 4.79 Å². The van der Waals surface area contributed by atoms with Crippen LogP contribution < -0.4 is 5.32 Å². The highest BCUT2D eigenvalue weighted by molar-refractivity contribution is 6.40. The molecule has 0 spiro atoms. The number of nitrogens with zero attached hydrogens (tertiary/aromatic N) is 3. The molecule has 0 atom stereocenters. The maximum Gasteiger partial charge on any atom is 0.328 e. The van der Waals surface area contributed by atoms with Gasteiger partial charge in [-0.15, -0.1) is 0 Å². The quantitative estimate of drug-likeness (QED) is 0.315. The topological polar surface area (TPSA) is 97.1 Å². The highest BCUT2D eigenvalue weighted by atomic mass is 35.5. The average molecular weight is 503 g/mol. The molecule has 0 bridgehead atoms. The van der Waals surface area contributed by atoms with E-state index in [1.54, 1.807) is 23.1 Å². The molecule has 1 amide bonds. The Hall–Kier alpha value is -3.71. The van der Waals surface area contributed by atoms with E-state index in [4.69, 9.17) is 16.7 Å². The monoisotopic (exact) mass is 502 g/mol. The fourth-order valence-corrected chi connectivity index (χ4v) is 5.86. The molecule has 2 aromatic heterocycles. The first-order valence-corrected chi connectivity index (χ1v) is 12.4. The van der Waals surface area contributed by atoms with Crippen molar-refractivity contribution in [2.24, 2.45) is 12.5 Å². The summed E-state index contributed by atoms with van der Waals surface area (Å²) in [5, 5.41) is 20.0. The molecule has 4 aromatic rings. The van der Waals surface area contributed by atoms with Gasteiger partial charge in [0.2, 0.25) is 5.91 Å². The van der Waals surface area contributed by atoms with Crippen LogP contribution in [0.4, 0.5) is 5.69 Å². The van der Waals surface area contributed by atoms with Crippen LogP contribution in [0.3, 0.4) is 0 Å². The summed E-state index contributed by atoms with van der Waals surface area (Å²) in [5.74, 6) is -1.08. The largest absolute Gasteiger partial charge is 0.478 e. The van der Waals surface area contributed by atoms with Gasteiger partial charge >= 0.3 is 5.97 Å². The number of nitrogens with one attached hydrogen (secondary N) is 1. The average Bonchev–Trinajstić information content (AvgIpc) is 3.24. The minimum Gasteiger partial charge on any atom is -0.478 e. The summed E-state index contributed by atoms with van der Waals surface area (Å²) < 4.78 is 1.79. The Morgan fingerprint density at radius 2 is 1.94 bits per heavy atom. The van der Waals surface area contributed by atoms with Gasteiger partial charge < -0.3 is 10.4 Å². The molecule has 1 aliphatic carbocycles. The SMILES string of the molecule is Cn1ncc2cc3cccc(CC4(C(=O)Nc5cncc(/C=C/C(=O)O)c5)CCCCC4)c3c(Cl)c21. The predicted molar refractivity (Wildman–Crippen MR) is 142 cm³/mol. The van der Waals surface area contributed by atoms with E-state index in [1.165, 1.54) is 6.08 Å². The number of carbonyl (C=O) groups is 2. The van der Waals surface area contributed by atoms with E-state index < -0.39 is 11.4 Å². The molecule has 1 aliphatic rings. The number of carboxylic acid groups (broad SMARTS) is 1. The molecular weight excluding hydrogens is 476 g/mol. The van der Waals surface area contributed by atoms with Crippen molar-refractivity contribution < 1.29 is 14.7 Å². The summed E-state index contributed by atoms with van der Waals surface area (Å²) in [7, 11) is 1.88. The highest BCUT2D eigenvalue weighted by Gasteiger charge is 2.40. The number of aromatic nitrogens is 3. The Balaban J connectivity index is 1.51. The normalized spacial score (nSPS) is 15.5. The lowest BCUT2D eigenvalue weighted by atomic mass is 9.69. The summed E-state index contributed by atoms with van der Waals surface area (Å²) in [6.45, 7) is 0. The molecule has 0 saturated heterocycles. The van der Waals surface area contributed by atoms with E-state index in [9.17, 15) is 9.59 Å². The first kappa shape index (κ1) is 24.0. The lowest BCUT2D eigenvalue weighted by Crippen LogP contribution is -2.40. The molecule has 1 saturated carbocycles. The predicted octanol–water partition coefficient (Wildman–Crippen LogP) is 6.00. The summed E-state index contributed by atoms with van der Waals surface area (Å²) in [5.41, 5.74) is 2.51. The fourth-order valence-electron chi connectivity index (χ4n) is 5.40. The molecule has 184 valence electrons. The van der Waals surface area contributed by atoms with Gasteiger partial charge in [0.05, 0.1) is 34.0 Å². The van der Waals surface area contributed by atoms with Crippen LogP contribution in [0.15, 0.2) is 55.0 Å². The molecule has 0 aliphatic heterocycles. The van der Waals surface area contributed by atoms with Gasteiger partial charge in [-0.2, -0.15) is 5.10 Å². The minimum atomic E-state index is -1.04. The number of carboxylic acids is 1. The van der Waals surface area contributed by atoms with E-state index in [1.807, 2.05) is 25.4 Å². The van der Waals surface area contributed by atoms with E-state index in [0.717, 1.165) is 65.4 Å². The van der Waals surface area contributed by atoms with Crippen LogP contribution in [0, 0.1) is 5.41 Å². The number of pyridine rings is 1. The van der Waals surface area contributed by atoms with Gasteiger partial charge in [0.25, 0.3) is 0 Å². The van der Waals surface area contributed by atoms with Crippen LogP contribution in [0.25, 0.3) is 27.8 Å². The second kappa shape index (κ2) is 9.74. The highest BCUT2D eigenvalue weighted by Crippen LogP contribution is 2.43. The van der Waals surface area contributed by atoms with E-state index >= 15 is 0 Å². The first-order chi connectivity index (χ1) is 17.4.